The fourth-order valence-corrected chi connectivity index (χ4v) is 1.46. The Morgan fingerprint density at radius 2 is 1.81 bits per heavy atom. The van der Waals surface area contributed by atoms with E-state index in [1.54, 1.807) is 24.3 Å². The van der Waals surface area contributed by atoms with Crippen LogP contribution < -0.4 is 15.4 Å². The van der Waals surface area contributed by atoms with Crippen molar-refractivity contribution in [2.75, 3.05) is 6.61 Å². The molecule has 21 heavy (non-hydrogen) atoms. The molecule has 0 aliphatic rings. The Bertz CT molecular complexity index is 511. The maximum absolute atomic E-state index is 11.5. The highest BCUT2D eigenvalue weighted by molar-refractivity contribution is 5.95. The van der Waals surface area contributed by atoms with Crippen LogP contribution in [0, 0.1) is 0 Å². The summed E-state index contributed by atoms with van der Waals surface area (Å²) in [5, 5.41) is 4.79. The van der Waals surface area contributed by atoms with E-state index in [1.165, 1.54) is 6.92 Å². The first-order valence-corrected chi connectivity index (χ1v) is 6.76. The lowest BCUT2D eigenvalue weighted by atomic mass is 10.1. The van der Waals surface area contributed by atoms with Gasteiger partial charge in [0.2, 0.25) is 0 Å². The van der Waals surface area contributed by atoms with E-state index in [-0.39, 0.29) is 18.4 Å². The van der Waals surface area contributed by atoms with Crippen LogP contribution in [0.1, 0.15) is 37.6 Å². The number of ketones is 1. The van der Waals surface area contributed by atoms with Crippen molar-refractivity contribution in [1.29, 1.82) is 0 Å². The second-order valence-electron chi connectivity index (χ2n) is 4.70. The minimum Gasteiger partial charge on any atom is -0.484 e. The van der Waals surface area contributed by atoms with Gasteiger partial charge in [0.15, 0.2) is 12.4 Å². The summed E-state index contributed by atoms with van der Waals surface area (Å²) in [7, 11) is 0. The molecular weight excluding hydrogens is 272 g/mol. The quantitative estimate of drug-likeness (QED) is 0.784. The van der Waals surface area contributed by atoms with Gasteiger partial charge in [0, 0.05) is 11.6 Å². The molecule has 0 radical (unpaired) electrons. The van der Waals surface area contributed by atoms with Crippen molar-refractivity contribution in [3.05, 3.63) is 29.8 Å². The molecule has 114 valence electrons. The van der Waals surface area contributed by atoms with E-state index in [0.717, 1.165) is 6.42 Å². The van der Waals surface area contributed by atoms with Crippen molar-refractivity contribution in [2.24, 2.45) is 0 Å². The van der Waals surface area contributed by atoms with Crippen LogP contribution >= 0.6 is 0 Å². The Hall–Kier alpha value is -2.37. The van der Waals surface area contributed by atoms with Crippen LogP contribution in [0.5, 0.6) is 5.75 Å². The maximum Gasteiger partial charge on any atom is 0.321 e. The summed E-state index contributed by atoms with van der Waals surface area (Å²) < 4.78 is 5.23. The van der Waals surface area contributed by atoms with Crippen molar-refractivity contribution in [3.63, 3.8) is 0 Å². The lowest BCUT2D eigenvalue weighted by molar-refractivity contribution is -0.122. The number of ether oxygens (including phenoxy) is 1. The molecule has 0 bridgehead atoms. The number of imide groups is 1. The van der Waals surface area contributed by atoms with E-state index in [0.29, 0.717) is 11.3 Å². The molecule has 1 atom stereocenters. The molecule has 0 saturated carbocycles. The monoisotopic (exact) mass is 292 g/mol. The SMILES string of the molecule is CC[C@@H](C)NC(=O)NC(=O)COc1ccc(C(C)=O)cc1. The van der Waals surface area contributed by atoms with Gasteiger partial charge in [-0.2, -0.15) is 0 Å². The number of hydrogen-bond donors (Lipinski definition) is 2. The molecule has 1 rings (SSSR count). The van der Waals surface area contributed by atoms with E-state index >= 15 is 0 Å². The highest BCUT2D eigenvalue weighted by Gasteiger charge is 2.10. The second-order valence-corrected chi connectivity index (χ2v) is 4.70. The van der Waals surface area contributed by atoms with Gasteiger partial charge in [-0.3, -0.25) is 14.9 Å². The average molecular weight is 292 g/mol. The zero-order chi connectivity index (χ0) is 15.8. The molecule has 1 aromatic rings. The highest BCUT2D eigenvalue weighted by Crippen LogP contribution is 2.12. The Morgan fingerprint density at radius 1 is 1.19 bits per heavy atom. The van der Waals surface area contributed by atoms with E-state index in [1.807, 2.05) is 13.8 Å². The van der Waals surface area contributed by atoms with Crippen LogP contribution in [-0.4, -0.2) is 30.4 Å². The molecule has 0 aromatic heterocycles. The van der Waals surface area contributed by atoms with Crippen molar-refractivity contribution in [1.82, 2.24) is 10.6 Å². The second kappa shape index (κ2) is 8.04. The van der Waals surface area contributed by atoms with Gasteiger partial charge in [0.1, 0.15) is 5.75 Å². The van der Waals surface area contributed by atoms with Crippen LogP contribution in [0.4, 0.5) is 4.79 Å². The molecule has 1 aromatic carbocycles. The third-order valence-electron chi connectivity index (χ3n) is 2.87. The first-order valence-electron chi connectivity index (χ1n) is 6.76. The van der Waals surface area contributed by atoms with E-state index in [2.05, 4.69) is 10.6 Å². The van der Waals surface area contributed by atoms with Gasteiger partial charge in [-0.15, -0.1) is 0 Å². The minimum atomic E-state index is -0.537. The fraction of sp³-hybridized carbons (Fsp3) is 0.400. The summed E-state index contributed by atoms with van der Waals surface area (Å²) in [6.07, 6.45) is 0.778. The largest absolute Gasteiger partial charge is 0.484 e. The maximum atomic E-state index is 11.5. The van der Waals surface area contributed by atoms with Crippen LogP contribution in [-0.2, 0) is 4.79 Å². The summed E-state index contributed by atoms with van der Waals surface area (Å²) in [4.78, 5) is 34.0. The third kappa shape index (κ3) is 6.07. The molecule has 0 heterocycles. The first kappa shape index (κ1) is 16.7. The summed E-state index contributed by atoms with van der Waals surface area (Å²) in [5.74, 6) is -0.120. The number of urea groups is 1. The van der Waals surface area contributed by atoms with Gasteiger partial charge >= 0.3 is 6.03 Å². The summed E-state index contributed by atoms with van der Waals surface area (Å²) in [6.45, 7) is 4.98. The van der Waals surface area contributed by atoms with Crippen LogP contribution in [0.2, 0.25) is 0 Å². The van der Waals surface area contributed by atoms with Crippen molar-refractivity contribution in [3.8, 4) is 5.75 Å². The van der Waals surface area contributed by atoms with Crippen LogP contribution in [0.3, 0.4) is 0 Å². The third-order valence-corrected chi connectivity index (χ3v) is 2.87. The van der Waals surface area contributed by atoms with Gasteiger partial charge in [0.05, 0.1) is 0 Å². The van der Waals surface area contributed by atoms with E-state index in [9.17, 15) is 14.4 Å². The van der Waals surface area contributed by atoms with Crippen LogP contribution in [0.15, 0.2) is 24.3 Å². The van der Waals surface area contributed by atoms with Gasteiger partial charge in [-0.05, 0) is 44.5 Å². The predicted octanol–water partition coefficient (Wildman–Crippen LogP) is 1.89. The van der Waals surface area contributed by atoms with Crippen molar-refractivity contribution < 1.29 is 19.1 Å². The Kier molecular flexibility index (Phi) is 6.39. The highest BCUT2D eigenvalue weighted by atomic mass is 16.5. The molecule has 0 spiro atoms. The molecular formula is C15H20N2O4. The minimum absolute atomic E-state index is 0.00200. The van der Waals surface area contributed by atoms with E-state index < -0.39 is 11.9 Å². The Balaban J connectivity index is 2.39. The molecule has 0 saturated heterocycles. The number of amides is 3. The van der Waals surface area contributed by atoms with Crippen molar-refractivity contribution >= 4 is 17.7 Å². The lowest BCUT2D eigenvalue weighted by Crippen LogP contribution is -2.44. The molecule has 6 nitrogen and oxygen atoms in total. The van der Waals surface area contributed by atoms with Gasteiger partial charge in [0.25, 0.3) is 5.91 Å². The van der Waals surface area contributed by atoms with Crippen molar-refractivity contribution in [2.45, 2.75) is 33.2 Å². The number of hydrogen-bond acceptors (Lipinski definition) is 4. The number of carbonyl (C=O) groups excluding carboxylic acids is 3. The fourth-order valence-electron chi connectivity index (χ4n) is 1.46. The number of nitrogens with one attached hydrogen (secondary N) is 2. The predicted molar refractivity (Wildman–Crippen MR) is 78.4 cm³/mol. The molecule has 3 amide bonds. The van der Waals surface area contributed by atoms with Gasteiger partial charge in [-0.25, -0.2) is 4.79 Å². The topological polar surface area (TPSA) is 84.5 Å². The average Bonchev–Trinajstić information content (AvgIpc) is 2.45. The molecule has 0 unspecified atom stereocenters. The Labute approximate surface area is 123 Å². The number of carbonyl (C=O) groups is 3. The molecule has 0 aliphatic carbocycles. The van der Waals surface area contributed by atoms with Gasteiger partial charge in [-0.1, -0.05) is 6.92 Å². The molecule has 6 heteroatoms. The lowest BCUT2D eigenvalue weighted by Gasteiger charge is -2.12. The standard InChI is InChI=1S/C15H20N2O4/c1-4-10(2)16-15(20)17-14(19)9-21-13-7-5-12(6-8-13)11(3)18/h5-8,10H,4,9H2,1-3H3,(H2,16,17,19,20)/t10-/m1/s1. The van der Waals surface area contributed by atoms with Gasteiger partial charge < -0.3 is 10.1 Å². The number of Topliss-reactive ketones (excluding diaryl/α,β-unsaturated/α-hetero) is 1. The number of benzene rings is 1. The Morgan fingerprint density at radius 3 is 2.33 bits per heavy atom. The number of rotatable bonds is 6. The molecule has 0 aliphatic heterocycles. The molecule has 2 N–H and O–H groups in total. The normalized spacial score (nSPS) is 11.4. The van der Waals surface area contributed by atoms with E-state index in [4.69, 9.17) is 4.74 Å². The smallest absolute Gasteiger partial charge is 0.321 e. The molecule has 0 fully saturated rings. The summed E-state index contributed by atoms with van der Waals surface area (Å²) in [5.41, 5.74) is 0.569. The zero-order valence-corrected chi connectivity index (χ0v) is 12.4. The first-order chi connectivity index (χ1) is 9.92. The summed E-state index contributed by atoms with van der Waals surface area (Å²) >= 11 is 0. The van der Waals surface area contributed by atoms with Crippen LogP contribution in [0.25, 0.3) is 0 Å². The summed E-state index contributed by atoms with van der Waals surface area (Å²) in [6, 6.07) is 5.89. The zero-order valence-electron chi connectivity index (χ0n) is 12.4.